The van der Waals surface area contributed by atoms with Crippen LogP contribution in [0.1, 0.15) is 27.3 Å². The van der Waals surface area contributed by atoms with Crippen LogP contribution in [0.5, 0.6) is 0 Å². The van der Waals surface area contributed by atoms with Gasteiger partial charge in [0.05, 0.1) is 11.3 Å². The highest BCUT2D eigenvalue weighted by Gasteiger charge is 2.11. The first kappa shape index (κ1) is 14.2. The predicted octanol–water partition coefficient (Wildman–Crippen LogP) is 2.67. The molecule has 1 heterocycles. The molecule has 0 unspecified atom stereocenters. The summed E-state index contributed by atoms with van der Waals surface area (Å²) in [6.45, 7) is 4.47. The Hall–Kier alpha value is -2.20. The lowest BCUT2D eigenvalue weighted by molar-refractivity contribution is 0.102. The van der Waals surface area contributed by atoms with Crippen molar-refractivity contribution in [3.8, 4) is 0 Å². The van der Waals surface area contributed by atoms with Crippen LogP contribution in [0.15, 0.2) is 36.4 Å². The van der Waals surface area contributed by atoms with E-state index in [0.29, 0.717) is 12.1 Å². The van der Waals surface area contributed by atoms with Gasteiger partial charge in [0, 0.05) is 17.9 Å². The van der Waals surface area contributed by atoms with Crippen molar-refractivity contribution in [1.29, 1.82) is 0 Å². The molecule has 0 aliphatic rings. The van der Waals surface area contributed by atoms with Gasteiger partial charge in [-0.05, 0) is 44.7 Å². The second-order valence-electron chi connectivity index (χ2n) is 4.73. The van der Waals surface area contributed by atoms with Crippen molar-refractivity contribution in [3.05, 3.63) is 58.9 Å². The standard InChI is InChI=1S/C16H19N3O/c1-11-8-9-14(12(2)18-11)16(20)19-15-7-5-4-6-13(15)10-17-3/h4-9,17H,10H2,1-3H3,(H,19,20). The Kier molecular flexibility index (Phi) is 4.48. The zero-order valence-electron chi connectivity index (χ0n) is 12.0. The molecule has 0 fully saturated rings. The summed E-state index contributed by atoms with van der Waals surface area (Å²) < 4.78 is 0. The van der Waals surface area contributed by atoms with Gasteiger partial charge in [0.1, 0.15) is 0 Å². The summed E-state index contributed by atoms with van der Waals surface area (Å²) >= 11 is 0. The monoisotopic (exact) mass is 269 g/mol. The number of aromatic nitrogens is 1. The van der Waals surface area contributed by atoms with E-state index in [2.05, 4.69) is 15.6 Å². The van der Waals surface area contributed by atoms with E-state index in [9.17, 15) is 4.79 Å². The number of pyridine rings is 1. The van der Waals surface area contributed by atoms with E-state index >= 15 is 0 Å². The van der Waals surface area contributed by atoms with Gasteiger partial charge in [0.15, 0.2) is 0 Å². The van der Waals surface area contributed by atoms with Crippen LogP contribution in [-0.2, 0) is 6.54 Å². The number of carbonyl (C=O) groups excluding carboxylic acids is 1. The predicted molar refractivity (Wildman–Crippen MR) is 80.9 cm³/mol. The van der Waals surface area contributed by atoms with Gasteiger partial charge in [-0.3, -0.25) is 9.78 Å². The maximum atomic E-state index is 12.3. The van der Waals surface area contributed by atoms with Crippen LogP contribution in [-0.4, -0.2) is 17.9 Å². The van der Waals surface area contributed by atoms with Crippen LogP contribution < -0.4 is 10.6 Å². The minimum absolute atomic E-state index is 0.126. The minimum atomic E-state index is -0.126. The first-order valence-corrected chi connectivity index (χ1v) is 6.60. The average Bonchev–Trinajstić information content (AvgIpc) is 2.41. The number of benzene rings is 1. The van der Waals surface area contributed by atoms with Gasteiger partial charge in [-0.15, -0.1) is 0 Å². The summed E-state index contributed by atoms with van der Waals surface area (Å²) in [5.41, 5.74) is 4.14. The van der Waals surface area contributed by atoms with E-state index in [-0.39, 0.29) is 5.91 Å². The molecule has 1 aromatic carbocycles. The fourth-order valence-corrected chi connectivity index (χ4v) is 2.10. The molecule has 1 aromatic heterocycles. The molecule has 0 atom stereocenters. The molecule has 20 heavy (non-hydrogen) atoms. The number of hydrogen-bond acceptors (Lipinski definition) is 3. The lowest BCUT2D eigenvalue weighted by Crippen LogP contribution is -2.17. The third kappa shape index (κ3) is 3.22. The third-order valence-electron chi connectivity index (χ3n) is 3.10. The van der Waals surface area contributed by atoms with Crippen LogP contribution in [0.25, 0.3) is 0 Å². The van der Waals surface area contributed by atoms with Gasteiger partial charge < -0.3 is 10.6 Å². The molecule has 0 saturated carbocycles. The van der Waals surface area contributed by atoms with Crippen molar-refractivity contribution in [1.82, 2.24) is 10.3 Å². The summed E-state index contributed by atoms with van der Waals surface area (Å²) in [7, 11) is 1.88. The summed E-state index contributed by atoms with van der Waals surface area (Å²) in [5.74, 6) is -0.126. The fourth-order valence-electron chi connectivity index (χ4n) is 2.10. The molecule has 0 bridgehead atoms. The highest BCUT2D eigenvalue weighted by molar-refractivity contribution is 6.05. The number of amides is 1. The zero-order chi connectivity index (χ0) is 14.5. The number of para-hydroxylation sites is 1. The number of aryl methyl sites for hydroxylation is 2. The molecule has 0 radical (unpaired) electrons. The van der Waals surface area contributed by atoms with Gasteiger partial charge in [0.25, 0.3) is 5.91 Å². The molecule has 4 heteroatoms. The molecule has 1 amide bonds. The van der Waals surface area contributed by atoms with Crippen molar-refractivity contribution >= 4 is 11.6 Å². The molecule has 2 N–H and O–H groups in total. The molecule has 2 rings (SSSR count). The van der Waals surface area contributed by atoms with Crippen molar-refractivity contribution in [2.75, 3.05) is 12.4 Å². The number of nitrogens with zero attached hydrogens (tertiary/aromatic N) is 1. The number of carbonyl (C=O) groups is 1. The van der Waals surface area contributed by atoms with Gasteiger partial charge in [-0.25, -0.2) is 0 Å². The summed E-state index contributed by atoms with van der Waals surface area (Å²) in [4.78, 5) is 16.7. The van der Waals surface area contributed by atoms with E-state index in [4.69, 9.17) is 0 Å². The molecule has 4 nitrogen and oxygen atoms in total. The lowest BCUT2D eigenvalue weighted by atomic mass is 10.1. The number of rotatable bonds is 4. The Morgan fingerprint density at radius 1 is 1.15 bits per heavy atom. The largest absolute Gasteiger partial charge is 0.322 e. The number of anilines is 1. The Morgan fingerprint density at radius 3 is 2.60 bits per heavy atom. The van der Waals surface area contributed by atoms with E-state index in [0.717, 1.165) is 22.6 Å². The molecule has 104 valence electrons. The molecular weight excluding hydrogens is 250 g/mol. The van der Waals surface area contributed by atoms with Crippen molar-refractivity contribution in [2.45, 2.75) is 20.4 Å². The first-order valence-electron chi connectivity index (χ1n) is 6.60. The molecule has 0 spiro atoms. The van der Waals surface area contributed by atoms with E-state index < -0.39 is 0 Å². The average molecular weight is 269 g/mol. The van der Waals surface area contributed by atoms with Crippen LogP contribution in [0, 0.1) is 13.8 Å². The van der Waals surface area contributed by atoms with Crippen LogP contribution in [0.3, 0.4) is 0 Å². The second kappa shape index (κ2) is 6.30. The molecular formula is C16H19N3O. The number of hydrogen-bond donors (Lipinski definition) is 2. The Balaban J connectivity index is 2.23. The van der Waals surface area contributed by atoms with Crippen LogP contribution >= 0.6 is 0 Å². The van der Waals surface area contributed by atoms with E-state index in [1.165, 1.54) is 0 Å². The summed E-state index contributed by atoms with van der Waals surface area (Å²) in [5, 5.41) is 6.05. The van der Waals surface area contributed by atoms with Crippen molar-refractivity contribution < 1.29 is 4.79 Å². The minimum Gasteiger partial charge on any atom is -0.322 e. The SMILES string of the molecule is CNCc1ccccc1NC(=O)c1ccc(C)nc1C. The Bertz CT molecular complexity index is 623. The first-order chi connectivity index (χ1) is 9.61. The molecule has 0 aliphatic carbocycles. The highest BCUT2D eigenvalue weighted by atomic mass is 16.1. The number of nitrogens with one attached hydrogen (secondary N) is 2. The molecule has 2 aromatic rings. The Labute approximate surface area is 119 Å². The smallest absolute Gasteiger partial charge is 0.257 e. The maximum absolute atomic E-state index is 12.3. The second-order valence-corrected chi connectivity index (χ2v) is 4.73. The highest BCUT2D eigenvalue weighted by Crippen LogP contribution is 2.17. The quantitative estimate of drug-likeness (QED) is 0.897. The zero-order valence-corrected chi connectivity index (χ0v) is 12.0. The van der Waals surface area contributed by atoms with Gasteiger partial charge in [-0.1, -0.05) is 18.2 Å². The normalized spacial score (nSPS) is 10.3. The van der Waals surface area contributed by atoms with E-state index in [1.807, 2.05) is 57.3 Å². The topological polar surface area (TPSA) is 54.0 Å². The molecule has 0 saturated heterocycles. The fraction of sp³-hybridized carbons (Fsp3) is 0.250. The molecule has 0 aliphatic heterocycles. The maximum Gasteiger partial charge on any atom is 0.257 e. The van der Waals surface area contributed by atoms with E-state index in [1.54, 1.807) is 0 Å². The van der Waals surface area contributed by atoms with Gasteiger partial charge in [0.2, 0.25) is 0 Å². The lowest BCUT2D eigenvalue weighted by Gasteiger charge is -2.12. The van der Waals surface area contributed by atoms with Gasteiger partial charge >= 0.3 is 0 Å². The van der Waals surface area contributed by atoms with Crippen LogP contribution in [0.2, 0.25) is 0 Å². The van der Waals surface area contributed by atoms with Crippen LogP contribution in [0.4, 0.5) is 5.69 Å². The summed E-state index contributed by atoms with van der Waals surface area (Å²) in [6.07, 6.45) is 0. The van der Waals surface area contributed by atoms with Gasteiger partial charge in [-0.2, -0.15) is 0 Å². The Morgan fingerprint density at radius 2 is 1.90 bits per heavy atom. The third-order valence-corrected chi connectivity index (χ3v) is 3.10. The van der Waals surface area contributed by atoms with Crippen molar-refractivity contribution in [2.24, 2.45) is 0 Å². The summed E-state index contributed by atoms with van der Waals surface area (Å²) in [6, 6.07) is 11.4. The van der Waals surface area contributed by atoms with Crippen molar-refractivity contribution in [3.63, 3.8) is 0 Å².